The second-order valence-corrected chi connectivity index (χ2v) is 12.3. The average molecular weight is 560 g/mol. The quantitative estimate of drug-likeness (QED) is 0.482. The molecule has 1 aliphatic heterocycles. The number of ketones is 2. The van der Waals surface area contributed by atoms with E-state index in [4.69, 9.17) is 9.47 Å². The Morgan fingerprint density at radius 1 is 1.03 bits per heavy atom. The van der Waals surface area contributed by atoms with Crippen molar-refractivity contribution in [3.63, 3.8) is 0 Å². The van der Waals surface area contributed by atoms with Crippen molar-refractivity contribution in [3.8, 4) is 11.5 Å². The van der Waals surface area contributed by atoms with Gasteiger partial charge in [0.2, 0.25) is 0 Å². The summed E-state index contributed by atoms with van der Waals surface area (Å²) in [6.07, 6.45) is 1.78. The van der Waals surface area contributed by atoms with Gasteiger partial charge in [0.15, 0.2) is 23.1 Å². The standard InChI is InChI=1S/C28H34BrNO6/c1-7-36-26-16(29)8-15(9-21(26)35-6)23-24-17(10-27(2,3)12-19(24)31)30(14-22(33)34)18-11-28(4,5)13-20(32)25(18)23/h8-9,23H,7,10-14H2,1-6H3,(H,33,34). The first-order valence-electron chi connectivity index (χ1n) is 12.3. The van der Waals surface area contributed by atoms with E-state index in [-0.39, 0.29) is 28.9 Å². The molecule has 0 spiro atoms. The molecule has 0 atom stereocenters. The number of carbonyl (C=O) groups is 3. The summed E-state index contributed by atoms with van der Waals surface area (Å²) in [7, 11) is 1.56. The van der Waals surface area contributed by atoms with Gasteiger partial charge in [0.05, 0.1) is 18.2 Å². The number of halogens is 1. The summed E-state index contributed by atoms with van der Waals surface area (Å²) < 4.78 is 12.1. The van der Waals surface area contributed by atoms with Crippen molar-refractivity contribution in [2.45, 2.75) is 66.2 Å². The largest absolute Gasteiger partial charge is 0.493 e. The van der Waals surface area contributed by atoms with Crippen molar-refractivity contribution >= 4 is 33.5 Å². The molecule has 0 amide bonds. The number of rotatable bonds is 6. The van der Waals surface area contributed by atoms with Crippen LogP contribution < -0.4 is 9.47 Å². The molecule has 4 rings (SSSR count). The normalized spacial score (nSPS) is 21.4. The molecule has 7 nitrogen and oxygen atoms in total. The summed E-state index contributed by atoms with van der Waals surface area (Å²) in [6.45, 7) is 10.2. The Kier molecular flexibility index (Phi) is 6.88. The molecule has 0 fully saturated rings. The Balaban J connectivity index is 2.03. The van der Waals surface area contributed by atoms with Gasteiger partial charge in [-0.3, -0.25) is 14.4 Å². The average Bonchev–Trinajstić information content (AvgIpc) is 2.74. The van der Waals surface area contributed by atoms with Gasteiger partial charge >= 0.3 is 5.97 Å². The minimum Gasteiger partial charge on any atom is -0.493 e. The molecule has 0 unspecified atom stereocenters. The first-order chi connectivity index (χ1) is 16.8. The van der Waals surface area contributed by atoms with E-state index in [1.54, 1.807) is 12.0 Å². The second kappa shape index (κ2) is 9.36. The Bertz CT molecular complexity index is 1150. The first-order valence-corrected chi connectivity index (χ1v) is 13.1. The number of ether oxygens (including phenoxy) is 2. The van der Waals surface area contributed by atoms with Crippen molar-refractivity contribution in [1.82, 2.24) is 4.90 Å². The van der Waals surface area contributed by atoms with Crippen LogP contribution in [0.15, 0.2) is 39.1 Å². The molecular formula is C28H34BrNO6. The molecule has 2 aliphatic carbocycles. The van der Waals surface area contributed by atoms with Crippen LogP contribution in [-0.2, 0) is 14.4 Å². The number of methoxy groups -OCH3 is 1. The third-order valence-electron chi connectivity index (χ3n) is 7.19. The molecule has 1 heterocycles. The number of hydrogen-bond acceptors (Lipinski definition) is 6. The highest BCUT2D eigenvalue weighted by molar-refractivity contribution is 9.10. The smallest absolute Gasteiger partial charge is 0.323 e. The highest BCUT2D eigenvalue weighted by atomic mass is 79.9. The number of Topliss-reactive ketones (excluding diaryl/α,β-unsaturated/α-hetero) is 2. The number of benzene rings is 1. The van der Waals surface area contributed by atoms with E-state index in [0.717, 1.165) is 17.0 Å². The molecule has 0 radical (unpaired) electrons. The van der Waals surface area contributed by atoms with Crippen LogP contribution in [0.5, 0.6) is 11.5 Å². The Hall–Kier alpha value is -2.61. The van der Waals surface area contributed by atoms with Crippen LogP contribution in [0, 0.1) is 10.8 Å². The number of carboxylic acid groups (broad SMARTS) is 1. The van der Waals surface area contributed by atoms with Gasteiger partial charge in [0, 0.05) is 41.3 Å². The predicted molar refractivity (Wildman–Crippen MR) is 139 cm³/mol. The predicted octanol–water partition coefficient (Wildman–Crippen LogP) is 5.63. The first kappa shape index (κ1) is 26.5. The fraction of sp³-hybridized carbons (Fsp3) is 0.536. The lowest BCUT2D eigenvalue weighted by molar-refractivity contribution is -0.138. The summed E-state index contributed by atoms with van der Waals surface area (Å²) in [5.41, 5.74) is 2.61. The number of carboxylic acids is 1. The van der Waals surface area contributed by atoms with Crippen molar-refractivity contribution in [2.24, 2.45) is 10.8 Å². The topological polar surface area (TPSA) is 93.1 Å². The fourth-order valence-corrected chi connectivity index (χ4v) is 6.47. The van der Waals surface area contributed by atoms with Gasteiger partial charge in [-0.05, 0) is 64.2 Å². The minimum atomic E-state index is -0.996. The number of allylic oxidation sites excluding steroid dienone is 4. The maximum Gasteiger partial charge on any atom is 0.323 e. The lowest BCUT2D eigenvalue weighted by Gasteiger charge is -2.48. The summed E-state index contributed by atoms with van der Waals surface area (Å²) >= 11 is 3.60. The van der Waals surface area contributed by atoms with Gasteiger partial charge in [-0.2, -0.15) is 0 Å². The number of hydrogen-bond donors (Lipinski definition) is 1. The number of carbonyl (C=O) groups excluding carboxylic acids is 2. The van der Waals surface area contributed by atoms with E-state index in [2.05, 4.69) is 15.9 Å². The van der Waals surface area contributed by atoms with Crippen molar-refractivity contribution in [1.29, 1.82) is 0 Å². The molecule has 0 bridgehead atoms. The Morgan fingerprint density at radius 3 is 2.00 bits per heavy atom. The zero-order valence-electron chi connectivity index (χ0n) is 21.8. The van der Waals surface area contributed by atoms with Gasteiger partial charge in [-0.1, -0.05) is 27.7 Å². The Morgan fingerprint density at radius 2 is 1.56 bits per heavy atom. The van der Waals surface area contributed by atoms with Crippen LogP contribution in [0.3, 0.4) is 0 Å². The monoisotopic (exact) mass is 559 g/mol. The van der Waals surface area contributed by atoms with Crippen LogP contribution in [0.1, 0.15) is 71.8 Å². The molecular weight excluding hydrogens is 526 g/mol. The SMILES string of the molecule is CCOc1c(Br)cc(C2C3=C(CC(C)(C)CC3=O)N(CC(=O)O)C3=C2C(=O)CC(C)(C)C3)cc1OC. The lowest BCUT2D eigenvalue weighted by Crippen LogP contribution is -2.45. The lowest BCUT2D eigenvalue weighted by atomic mass is 9.63. The molecule has 1 aromatic rings. The molecule has 36 heavy (non-hydrogen) atoms. The summed E-state index contributed by atoms with van der Waals surface area (Å²) in [6, 6.07) is 3.73. The molecule has 0 saturated carbocycles. The van der Waals surface area contributed by atoms with Crippen LogP contribution >= 0.6 is 15.9 Å². The van der Waals surface area contributed by atoms with Crippen molar-refractivity contribution < 1.29 is 29.0 Å². The minimum absolute atomic E-state index is 0.0465. The van der Waals surface area contributed by atoms with Crippen LogP contribution in [0.2, 0.25) is 0 Å². The number of aliphatic carboxylic acids is 1. The van der Waals surface area contributed by atoms with E-state index < -0.39 is 11.9 Å². The zero-order valence-corrected chi connectivity index (χ0v) is 23.4. The Labute approximate surface area is 220 Å². The van der Waals surface area contributed by atoms with E-state index in [9.17, 15) is 19.5 Å². The van der Waals surface area contributed by atoms with E-state index >= 15 is 0 Å². The van der Waals surface area contributed by atoms with Crippen molar-refractivity contribution in [3.05, 3.63) is 44.7 Å². The van der Waals surface area contributed by atoms with E-state index in [1.165, 1.54) is 0 Å². The summed E-state index contributed by atoms with van der Waals surface area (Å²) in [5.74, 6) is -0.615. The van der Waals surface area contributed by atoms with Gasteiger partial charge in [0.1, 0.15) is 6.54 Å². The third-order valence-corrected chi connectivity index (χ3v) is 7.78. The maximum absolute atomic E-state index is 13.7. The van der Waals surface area contributed by atoms with Gasteiger partial charge in [-0.25, -0.2) is 0 Å². The van der Waals surface area contributed by atoms with E-state index in [0.29, 0.717) is 59.4 Å². The third kappa shape index (κ3) is 4.72. The highest BCUT2D eigenvalue weighted by Gasteiger charge is 2.49. The molecule has 1 N–H and O–H groups in total. The molecule has 0 aromatic heterocycles. The van der Waals surface area contributed by atoms with Gasteiger partial charge < -0.3 is 19.5 Å². The molecule has 3 aliphatic rings. The molecule has 8 heteroatoms. The number of nitrogens with zero attached hydrogens (tertiary/aromatic N) is 1. The fourth-order valence-electron chi connectivity index (χ4n) is 5.90. The summed E-state index contributed by atoms with van der Waals surface area (Å²) in [4.78, 5) is 41.2. The van der Waals surface area contributed by atoms with Crippen LogP contribution in [0.25, 0.3) is 0 Å². The second-order valence-electron chi connectivity index (χ2n) is 11.5. The molecule has 1 aromatic carbocycles. The molecule has 194 valence electrons. The zero-order chi connectivity index (χ0) is 26.6. The van der Waals surface area contributed by atoms with Gasteiger partial charge in [0.25, 0.3) is 0 Å². The molecule has 0 saturated heterocycles. The van der Waals surface area contributed by atoms with Crippen LogP contribution in [-0.4, -0.2) is 47.8 Å². The van der Waals surface area contributed by atoms with Gasteiger partial charge in [-0.15, -0.1) is 0 Å². The van der Waals surface area contributed by atoms with Crippen molar-refractivity contribution in [2.75, 3.05) is 20.3 Å². The van der Waals surface area contributed by atoms with Crippen LogP contribution in [0.4, 0.5) is 0 Å². The highest BCUT2D eigenvalue weighted by Crippen LogP contribution is 2.55. The van der Waals surface area contributed by atoms with E-state index in [1.807, 2.05) is 46.8 Å². The summed E-state index contributed by atoms with van der Waals surface area (Å²) in [5, 5.41) is 9.81. The maximum atomic E-state index is 13.7.